The Morgan fingerprint density at radius 3 is 2.75 bits per heavy atom. The van der Waals surface area contributed by atoms with E-state index in [0.717, 1.165) is 17.3 Å². The lowest BCUT2D eigenvalue weighted by Gasteiger charge is -2.35. The van der Waals surface area contributed by atoms with Gasteiger partial charge in [0.15, 0.2) is 0 Å². The van der Waals surface area contributed by atoms with Crippen molar-refractivity contribution in [1.82, 2.24) is 9.80 Å². The van der Waals surface area contributed by atoms with Crippen molar-refractivity contribution in [3.63, 3.8) is 0 Å². The molecular formula is C14H24ClN3OS. The summed E-state index contributed by atoms with van der Waals surface area (Å²) in [7, 11) is 4.12. The van der Waals surface area contributed by atoms with Gasteiger partial charge in [0.1, 0.15) is 0 Å². The van der Waals surface area contributed by atoms with Gasteiger partial charge < -0.3 is 15.7 Å². The van der Waals surface area contributed by atoms with Crippen LogP contribution >= 0.6 is 22.9 Å². The van der Waals surface area contributed by atoms with E-state index in [4.69, 9.17) is 17.3 Å². The fourth-order valence-corrected chi connectivity index (χ4v) is 4.37. The molecule has 4 atom stereocenters. The highest BCUT2D eigenvalue weighted by Crippen LogP contribution is 2.36. The summed E-state index contributed by atoms with van der Waals surface area (Å²) < 4.78 is 0.787. The summed E-state index contributed by atoms with van der Waals surface area (Å²) >= 11 is 7.65. The molecule has 4 unspecified atom stereocenters. The number of aliphatic hydroxyl groups is 1. The third-order valence-corrected chi connectivity index (χ3v) is 5.05. The molecule has 0 amide bonds. The van der Waals surface area contributed by atoms with Gasteiger partial charge in [0.25, 0.3) is 0 Å². The van der Waals surface area contributed by atoms with E-state index in [2.05, 4.69) is 30.0 Å². The molecule has 0 bridgehead atoms. The normalized spacial score (nSPS) is 27.1. The highest BCUT2D eigenvalue weighted by molar-refractivity contribution is 7.16. The van der Waals surface area contributed by atoms with E-state index in [1.807, 2.05) is 13.0 Å². The van der Waals surface area contributed by atoms with Crippen LogP contribution in [0.4, 0.5) is 0 Å². The van der Waals surface area contributed by atoms with Crippen molar-refractivity contribution < 1.29 is 5.11 Å². The van der Waals surface area contributed by atoms with Crippen LogP contribution in [0.25, 0.3) is 0 Å². The van der Waals surface area contributed by atoms with Crippen LogP contribution in [0.3, 0.4) is 0 Å². The molecular weight excluding hydrogens is 294 g/mol. The molecule has 0 spiro atoms. The molecule has 1 aromatic rings. The fourth-order valence-electron chi connectivity index (χ4n) is 3.07. The number of β-amino-alcohol motifs (C(OH)–C–C–N with tert-alkyl or cyclic N) is 1. The minimum absolute atomic E-state index is 0.000297. The Hall–Kier alpha value is -0.170. The fraction of sp³-hybridized carbons (Fsp3) is 0.714. The molecule has 0 aliphatic carbocycles. The smallest absolute Gasteiger partial charge is 0.0931 e. The lowest BCUT2D eigenvalue weighted by Crippen LogP contribution is -2.45. The molecule has 1 saturated heterocycles. The molecule has 6 heteroatoms. The quantitative estimate of drug-likeness (QED) is 0.869. The number of nitrogens with two attached hydrogens (primary N) is 1. The second-order valence-corrected chi connectivity index (χ2v) is 7.69. The van der Waals surface area contributed by atoms with Gasteiger partial charge >= 0.3 is 0 Å². The average Bonchev–Trinajstić information content (AvgIpc) is 2.86. The number of rotatable bonds is 5. The van der Waals surface area contributed by atoms with E-state index in [-0.39, 0.29) is 18.2 Å². The van der Waals surface area contributed by atoms with Gasteiger partial charge in [-0.2, -0.15) is 0 Å². The van der Waals surface area contributed by atoms with Gasteiger partial charge in [0.2, 0.25) is 0 Å². The van der Waals surface area contributed by atoms with Crippen molar-refractivity contribution in [2.75, 3.05) is 27.2 Å². The van der Waals surface area contributed by atoms with Crippen molar-refractivity contribution in [1.29, 1.82) is 0 Å². The van der Waals surface area contributed by atoms with Crippen LogP contribution in [-0.2, 0) is 0 Å². The maximum atomic E-state index is 10.0. The Balaban J connectivity index is 2.23. The molecule has 0 radical (unpaired) electrons. The van der Waals surface area contributed by atoms with Crippen molar-refractivity contribution in [3.05, 3.63) is 21.3 Å². The van der Waals surface area contributed by atoms with E-state index in [9.17, 15) is 5.11 Å². The number of likely N-dealkylation sites (tertiary alicyclic amines) is 1. The zero-order chi connectivity index (χ0) is 14.9. The minimum atomic E-state index is -0.267. The van der Waals surface area contributed by atoms with Crippen molar-refractivity contribution in [2.24, 2.45) is 5.73 Å². The first kappa shape index (κ1) is 16.2. The van der Waals surface area contributed by atoms with Crippen molar-refractivity contribution >= 4 is 22.9 Å². The van der Waals surface area contributed by atoms with Crippen LogP contribution in [0.2, 0.25) is 4.34 Å². The van der Waals surface area contributed by atoms with Crippen LogP contribution in [0, 0.1) is 0 Å². The zero-order valence-corrected chi connectivity index (χ0v) is 13.9. The van der Waals surface area contributed by atoms with Crippen molar-refractivity contribution in [3.8, 4) is 0 Å². The average molecular weight is 318 g/mol. The Labute approximate surface area is 130 Å². The van der Waals surface area contributed by atoms with Crippen LogP contribution < -0.4 is 5.73 Å². The highest BCUT2D eigenvalue weighted by Gasteiger charge is 2.38. The summed E-state index contributed by atoms with van der Waals surface area (Å²) in [4.78, 5) is 5.69. The maximum absolute atomic E-state index is 10.0. The van der Waals surface area contributed by atoms with Crippen LogP contribution in [0.15, 0.2) is 12.1 Å². The molecule has 4 nitrogen and oxygen atoms in total. The second kappa shape index (κ2) is 6.73. The van der Waals surface area contributed by atoms with Gasteiger partial charge in [0, 0.05) is 30.1 Å². The van der Waals surface area contributed by atoms with Crippen LogP contribution in [-0.4, -0.2) is 60.3 Å². The maximum Gasteiger partial charge on any atom is 0.0931 e. The Kier molecular flexibility index (Phi) is 5.45. The van der Waals surface area contributed by atoms with Gasteiger partial charge in [-0.3, -0.25) is 4.90 Å². The Morgan fingerprint density at radius 1 is 1.55 bits per heavy atom. The summed E-state index contributed by atoms with van der Waals surface area (Å²) in [5.74, 6) is 0. The predicted octanol–water partition coefficient (Wildman–Crippen LogP) is 1.79. The van der Waals surface area contributed by atoms with E-state index in [0.29, 0.717) is 12.6 Å². The molecule has 20 heavy (non-hydrogen) atoms. The van der Waals surface area contributed by atoms with E-state index in [1.165, 1.54) is 4.88 Å². The molecule has 3 N–H and O–H groups in total. The summed E-state index contributed by atoms with van der Waals surface area (Å²) in [6, 6.07) is 4.43. The SMILES string of the molecule is CC(N)C(c1ccc(Cl)s1)N1CC(O)CC1CN(C)C. The molecule has 2 rings (SSSR count). The van der Waals surface area contributed by atoms with E-state index in [1.54, 1.807) is 11.3 Å². The van der Waals surface area contributed by atoms with Gasteiger partial charge in [-0.1, -0.05) is 11.6 Å². The van der Waals surface area contributed by atoms with Crippen LogP contribution in [0.1, 0.15) is 24.3 Å². The third-order valence-electron chi connectivity index (χ3n) is 3.75. The number of hydrogen-bond acceptors (Lipinski definition) is 5. The van der Waals surface area contributed by atoms with Crippen LogP contribution in [0.5, 0.6) is 0 Å². The standard InChI is InChI=1S/C14H24ClN3OS/c1-9(16)14(12-4-5-13(15)20-12)18-8-11(19)6-10(18)7-17(2)3/h4-5,9-11,14,19H,6-8,16H2,1-3H3. The first-order valence-electron chi connectivity index (χ1n) is 6.98. The van der Waals surface area contributed by atoms with Gasteiger partial charge in [-0.25, -0.2) is 0 Å². The summed E-state index contributed by atoms with van der Waals surface area (Å²) in [6.07, 6.45) is 0.539. The van der Waals surface area contributed by atoms with E-state index >= 15 is 0 Å². The molecule has 1 aliphatic heterocycles. The molecule has 1 fully saturated rings. The number of halogens is 1. The number of aliphatic hydroxyl groups excluding tert-OH is 1. The number of likely N-dealkylation sites (N-methyl/N-ethyl adjacent to an activating group) is 1. The monoisotopic (exact) mass is 317 g/mol. The molecule has 0 saturated carbocycles. The lowest BCUT2D eigenvalue weighted by molar-refractivity contribution is 0.125. The predicted molar refractivity (Wildman–Crippen MR) is 85.4 cm³/mol. The first-order valence-corrected chi connectivity index (χ1v) is 8.17. The number of hydrogen-bond donors (Lipinski definition) is 2. The number of thiophene rings is 1. The van der Waals surface area contributed by atoms with Gasteiger partial charge in [0.05, 0.1) is 16.5 Å². The lowest BCUT2D eigenvalue weighted by atomic mass is 10.1. The van der Waals surface area contributed by atoms with E-state index < -0.39 is 0 Å². The summed E-state index contributed by atoms with van der Waals surface area (Å²) in [5.41, 5.74) is 6.22. The molecule has 1 aliphatic rings. The largest absolute Gasteiger partial charge is 0.392 e. The third kappa shape index (κ3) is 3.72. The summed E-state index contributed by atoms with van der Waals surface area (Å²) in [6.45, 7) is 3.63. The molecule has 114 valence electrons. The number of nitrogens with zero attached hydrogens (tertiary/aromatic N) is 2. The first-order chi connectivity index (χ1) is 9.38. The topological polar surface area (TPSA) is 52.7 Å². The Bertz CT molecular complexity index is 438. The highest BCUT2D eigenvalue weighted by atomic mass is 35.5. The molecule has 1 aromatic heterocycles. The molecule has 0 aromatic carbocycles. The van der Waals surface area contributed by atoms with Gasteiger partial charge in [-0.05, 0) is 39.6 Å². The minimum Gasteiger partial charge on any atom is -0.392 e. The second-order valence-electron chi connectivity index (χ2n) is 5.95. The zero-order valence-electron chi connectivity index (χ0n) is 12.3. The Morgan fingerprint density at radius 2 is 2.25 bits per heavy atom. The summed E-state index contributed by atoms with van der Waals surface area (Å²) in [5, 5.41) is 10.0. The molecule has 2 heterocycles. The van der Waals surface area contributed by atoms with Gasteiger partial charge in [-0.15, -0.1) is 11.3 Å². The van der Waals surface area contributed by atoms with Crippen molar-refractivity contribution in [2.45, 2.75) is 37.6 Å².